The number of carbonyl (C=O) groups excluding carboxylic acids is 1. The topological polar surface area (TPSA) is 104 Å². The first kappa shape index (κ1) is 21.6. The van der Waals surface area contributed by atoms with Crippen LogP contribution in [0.15, 0.2) is 30.3 Å². The van der Waals surface area contributed by atoms with Gasteiger partial charge >= 0.3 is 5.97 Å². The average molecular weight is 392 g/mol. The molecule has 7 nitrogen and oxygen atoms in total. The molecule has 0 atom stereocenters. The molecular formula is C16H24O7S2. The van der Waals surface area contributed by atoms with Crippen molar-refractivity contribution >= 4 is 26.8 Å². The smallest absolute Gasteiger partial charge is 0.338 e. The molecule has 0 saturated carbocycles. The summed E-state index contributed by atoms with van der Waals surface area (Å²) in [6.45, 7) is 3.67. The van der Waals surface area contributed by atoms with E-state index < -0.39 is 32.2 Å². The van der Waals surface area contributed by atoms with Gasteiger partial charge in [-0.25, -0.2) is 13.2 Å². The summed E-state index contributed by atoms with van der Waals surface area (Å²) < 4.78 is 54.4. The van der Waals surface area contributed by atoms with Gasteiger partial charge < -0.3 is 4.74 Å². The Morgan fingerprint density at radius 2 is 1.80 bits per heavy atom. The van der Waals surface area contributed by atoms with Crippen LogP contribution in [-0.4, -0.2) is 47.5 Å². The molecule has 142 valence electrons. The maximum absolute atomic E-state index is 11.8. The van der Waals surface area contributed by atoms with Gasteiger partial charge in [-0.2, -0.15) is 8.42 Å². The summed E-state index contributed by atoms with van der Waals surface area (Å²) in [5, 5.41) is 0. The molecule has 0 amide bonds. The Labute approximate surface area is 150 Å². The van der Waals surface area contributed by atoms with Crippen LogP contribution in [0.25, 0.3) is 0 Å². The van der Waals surface area contributed by atoms with E-state index in [9.17, 15) is 21.6 Å². The van der Waals surface area contributed by atoms with Crippen LogP contribution in [0.5, 0.6) is 0 Å². The number of hydrogen-bond donors (Lipinski definition) is 1. The van der Waals surface area contributed by atoms with Gasteiger partial charge in [-0.3, -0.25) is 4.18 Å². The van der Waals surface area contributed by atoms with Crippen LogP contribution in [0.2, 0.25) is 0 Å². The Kier molecular flexibility index (Phi) is 8.54. The molecule has 25 heavy (non-hydrogen) atoms. The zero-order valence-electron chi connectivity index (χ0n) is 14.3. The highest BCUT2D eigenvalue weighted by Crippen LogP contribution is 2.22. The molecule has 9 heteroatoms. The molecule has 0 heterocycles. The molecule has 0 radical (unpaired) electrons. The Hall–Kier alpha value is -1.45. The first-order chi connectivity index (χ1) is 11.6. The maximum Gasteiger partial charge on any atom is 0.338 e. The standard InChI is InChI=1S/C16H24O7S2/c1-16(2,13-23-25(20,21)12-6-11-24(18)19)9-10-22-15(17)14-7-4-3-5-8-14/h3-5,7-8,24H,6,9-13H2,1-2H3. The Morgan fingerprint density at radius 1 is 1.16 bits per heavy atom. The van der Waals surface area contributed by atoms with Crippen molar-refractivity contribution in [3.05, 3.63) is 35.9 Å². The van der Waals surface area contributed by atoms with E-state index in [0.717, 1.165) is 0 Å². The molecular weight excluding hydrogens is 368 g/mol. The van der Waals surface area contributed by atoms with E-state index in [-0.39, 0.29) is 31.1 Å². The van der Waals surface area contributed by atoms with E-state index >= 15 is 0 Å². The summed E-state index contributed by atoms with van der Waals surface area (Å²) in [5.41, 5.74) is -0.0656. The molecule has 0 spiro atoms. The summed E-state index contributed by atoms with van der Waals surface area (Å²) in [6.07, 6.45) is 0.434. The molecule has 0 aliphatic heterocycles. The van der Waals surface area contributed by atoms with Gasteiger partial charge in [0.05, 0.1) is 24.5 Å². The van der Waals surface area contributed by atoms with E-state index in [4.69, 9.17) is 8.92 Å². The summed E-state index contributed by atoms with van der Waals surface area (Å²) in [5.74, 6) is -0.955. The minimum absolute atomic E-state index is 0.0101. The highest BCUT2D eigenvalue weighted by molar-refractivity contribution is 7.86. The number of rotatable bonds is 11. The number of ether oxygens (including phenoxy) is 1. The lowest BCUT2D eigenvalue weighted by Crippen LogP contribution is -2.25. The summed E-state index contributed by atoms with van der Waals surface area (Å²) in [7, 11) is -6.36. The SMILES string of the molecule is CC(C)(CCOC(=O)c1ccccc1)COS(=O)(=O)CCC[SH](=O)=O. The Bertz CT molecular complexity index is 714. The van der Waals surface area contributed by atoms with Gasteiger partial charge in [0.1, 0.15) is 10.7 Å². The van der Waals surface area contributed by atoms with Crippen molar-refractivity contribution in [1.82, 2.24) is 0 Å². The fourth-order valence-corrected chi connectivity index (χ4v) is 3.57. The fraction of sp³-hybridized carbons (Fsp3) is 0.562. The van der Waals surface area contributed by atoms with E-state index in [1.807, 2.05) is 0 Å². The van der Waals surface area contributed by atoms with Gasteiger partial charge in [0.15, 0.2) is 0 Å². The van der Waals surface area contributed by atoms with Crippen molar-refractivity contribution < 1.29 is 30.6 Å². The zero-order valence-corrected chi connectivity index (χ0v) is 16.1. The van der Waals surface area contributed by atoms with Gasteiger partial charge in [-0.05, 0) is 30.4 Å². The third-order valence-corrected chi connectivity index (χ3v) is 5.33. The second kappa shape index (κ2) is 9.88. The van der Waals surface area contributed by atoms with Crippen molar-refractivity contribution in [2.24, 2.45) is 5.41 Å². The molecule has 1 aromatic rings. The lowest BCUT2D eigenvalue weighted by molar-refractivity contribution is 0.0428. The molecule has 0 unspecified atom stereocenters. The predicted molar refractivity (Wildman–Crippen MR) is 94.7 cm³/mol. The second-order valence-corrected chi connectivity index (χ2v) is 9.22. The first-order valence-corrected chi connectivity index (χ1v) is 10.8. The quantitative estimate of drug-likeness (QED) is 0.346. The van der Waals surface area contributed by atoms with Crippen LogP contribution in [0.3, 0.4) is 0 Å². The Balaban J connectivity index is 2.36. The number of hydrogen-bond acceptors (Lipinski definition) is 7. The fourth-order valence-electron chi connectivity index (χ4n) is 1.83. The third-order valence-electron chi connectivity index (χ3n) is 3.39. The van der Waals surface area contributed by atoms with Gasteiger partial charge in [0.2, 0.25) is 0 Å². The molecule has 0 aliphatic carbocycles. The second-order valence-electron chi connectivity index (χ2n) is 6.35. The van der Waals surface area contributed by atoms with Gasteiger partial charge in [0.25, 0.3) is 10.1 Å². The maximum atomic E-state index is 11.8. The minimum Gasteiger partial charge on any atom is -0.462 e. The highest BCUT2D eigenvalue weighted by atomic mass is 32.2. The van der Waals surface area contributed by atoms with Crippen molar-refractivity contribution in [3.8, 4) is 0 Å². The van der Waals surface area contributed by atoms with Gasteiger partial charge in [-0.15, -0.1) is 0 Å². The third kappa shape index (κ3) is 9.57. The molecule has 0 fully saturated rings. The van der Waals surface area contributed by atoms with Crippen molar-refractivity contribution in [1.29, 1.82) is 0 Å². The van der Waals surface area contributed by atoms with Crippen LogP contribution in [-0.2, 0) is 29.7 Å². The normalized spacial score (nSPS) is 12.3. The molecule has 1 rings (SSSR count). The van der Waals surface area contributed by atoms with E-state index in [0.29, 0.717) is 12.0 Å². The van der Waals surface area contributed by atoms with E-state index in [1.54, 1.807) is 44.2 Å². The minimum atomic E-state index is -3.77. The number of carbonyl (C=O) groups is 1. The molecule has 0 aliphatic rings. The highest BCUT2D eigenvalue weighted by Gasteiger charge is 2.23. The van der Waals surface area contributed by atoms with Crippen molar-refractivity contribution in [2.75, 3.05) is 24.7 Å². The van der Waals surface area contributed by atoms with Crippen molar-refractivity contribution in [3.63, 3.8) is 0 Å². The average Bonchev–Trinajstić information content (AvgIpc) is 2.53. The van der Waals surface area contributed by atoms with Crippen LogP contribution in [0, 0.1) is 5.41 Å². The molecule has 0 saturated heterocycles. The largest absolute Gasteiger partial charge is 0.462 e. The summed E-state index contributed by atoms with van der Waals surface area (Å²) in [6, 6.07) is 8.58. The predicted octanol–water partition coefficient (Wildman–Crippen LogP) is 1.61. The van der Waals surface area contributed by atoms with Crippen LogP contribution >= 0.6 is 0 Å². The van der Waals surface area contributed by atoms with E-state index in [1.165, 1.54) is 0 Å². The van der Waals surface area contributed by atoms with Gasteiger partial charge in [0, 0.05) is 5.75 Å². The zero-order chi connectivity index (χ0) is 18.9. The number of thiol groups is 1. The molecule has 0 aromatic heterocycles. The van der Waals surface area contributed by atoms with Crippen LogP contribution < -0.4 is 0 Å². The lowest BCUT2D eigenvalue weighted by atomic mass is 9.91. The van der Waals surface area contributed by atoms with Crippen LogP contribution in [0.1, 0.15) is 37.0 Å². The monoisotopic (exact) mass is 392 g/mol. The van der Waals surface area contributed by atoms with Crippen molar-refractivity contribution in [2.45, 2.75) is 26.7 Å². The summed E-state index contributed by atoms with van der Waals surface area (Å²) in [4.78, 5) is 11.8. The summed E-state index contributed by atoms with van der Waals surface area (Å²) >= 11 is 0. The van der Waals surface area contributed by atoms with Crippen LogP contribution in [0.4, 0.5) is 0 Å². The Morgan fingerprint density at radius 3 is 2.40 bits per heavy atom. The lowest BCUT2D eigenvalue weighted by Gasteiger charge is -2.23. The van der Waals surface area contributed by atoms with Gasteiger partial charge in [-0.1, -0.05) is 32.0 Å². The van der Waals surface area contributed by atoms with E-state index in [2.05, 4.69) is 0 Å². The first-order valence-electron chi connectivity index (χ1n) is 7.82. The number of esters is 1. The number of benzene rings is 1. The molecule has 0 N–H and O–H groups in total. The molecule has 1 aromatic carbocycles. The molecule has 0 bridgehead atoms.